The third-order valence-electron chi connectivity index (χ3n) is 2.75. The Morgan fingerprint density at radius 2 is 1.86 bits per heavy atom. The van der Waals surface area contributed by atoms with E-state index in [0.29, 0.717) is 12.3 Å². The molecule has 1 aromatic carbocycles. The minimum Gasteiger partial charge on any atom is -0.198 e. The van der Waals surface area contributed by atoms with Gasteiger partial charge in [0.2, 0.25) is 0 Å². The highest BCUT2D eigenvalue weighted by Gasteiger charge is 2.10. The predicted molar refractivity (Wildman–Crippen MR) is 59.1 cm³/mol. The standard InChI is InChI=1S/C13H17N/c1-3-11(4-2)13-8-6-5-7-12(13)9-10-14/h5-8,11H,3-4,9H2,1-2H3. The molecule has 0 radical (unpaired) electrons. The highest BCUT2D eigenvalue weighted by atomic mass is 14.2. The quantitative estimate of drug-likeness (QED) is 0.705. The van der Waals surface area contributed by atoms with Crippen LogP contribution in [0.5, 0.6) is 0 Å². The molecule has 1 aromatic rings. The van der Waals surface area contributed by atoms with E-state index in [1.807, 2.05) is 6.07 Å². The van der Waals surface area contributed by atoms with Crippen molar-refractivity contribution in [3.8, 4) is 6.07 Å². The van der Waals surface area contributed by atoms with Gasteiger partial charge in [0, 0.05) is 0 Å². The SMILES string of the molecule is CCC(CC)c1ccccc1CC#N. The molecule has 0 spiro atoms. The van der Waals surface area contributed by atoms with E-state index in [0.717, 1.165) is 12.8 Å². The molecule has 14 heavy (non-hydrogen) atoms. The average Bonchev–Trinajstić information content (AvgIpc) is 2.23. The van der Waals surface area contributed by atoms with Crippen LogP contribution in [0.3, 0.4) is 0 Å². The second-order valence-electron chi connectivity index (χ2n) is 3.55. The molecule has 0 saturated carbocycles. The van der Waals surface area contributed by atoms with Crippen LogP contribution in [0.1, 0.15) is 43.7 Å². The molecular formula is C13H17N. The van der Waals surface area contributed by atoms with E-state index in [4.69, 9.17) is 5.26 Å². The van der Waals surface area contributed by atoms with Crippen LogP contribution in [-0.2, 0) is 6.42 Å². The van der Waals surface area contributed by atoms with Crippen LogP contribution in [0.2, 0.25) is 0 Å². The van der Waals surface area contributed by atoms with E-state index < -0.39 is 0 Å². The smallest absolute Gasteiger partial charge is 0.0669 e. The molecule has 0 heterocycles. The molecule has 0 aliphatic carbocycles. The van der Waals surface area contributed by atoms with E-state index >= 15 is 0 Å². The Morgan fingerprint density at radius 1 is 1.21 bits per heavy atom. The van der Waals surface area contributed by atoms with E-state index in [1.165, 1.54) is 11.1 Å². The monoisotopic (exact) mass is 187 g/mol. The second-order valence-corrected chi connectivity index (χ2v) is 3.55. The Bertz CT molecular complexity index is 318. The summed E-state index contributed by atoms with van der Waals surface area (Å²) >= 11 is 0. The highest BCUT2D eigenvalue weighted by molar-refractivity contribution is 5.32. The number of nitriles is 1. The number of nitrogens with zero attached hydrogens (tertiary/aromatic N) is 1. The molecule has 0 saturated heterocycles. The van der Waals surface area contributed by atoms with Crippen molar-refractivity contribution in [2.45, 2.75) is 39.0 Å². The highest BCUT2D eigenvalue weighted by Crippen LogP contribution is 2.26. The lowest BCUT2D eigenvalue weighted by Gasteiger charge is -2.15. The van der Waals surface area contributed by atoms with Gasteiger partial charge < -0.3 is 0 Å². The van der Waals surface area contributed by atoms with Crippen molar-refractivity contribution in [2.75, 3.05) is 0 Å². The van der Waals surface area contributed by atoms with Gasteiger partial charge in [-0.2, -0.15) is 5.26 Å². The fourth-order valence-corrected chi connectivity index (χ4v) is 1.91. The lowest BCUT2D eigenvalue weighted by Crippen LogP contribution is -2.00. The molecule has 1 rings (SSSR count). The molecule has 0 aliphatic rings. The summed E-state index contributed by atoms with van der Waals surface area (Å²) in [5.74, 6) is 0.611. The Morgan fingerprint density at radius 3 is 2.43 bits per heavy atom. The van der Waals surface area contributed by atoms with Crippen LogP contribution >= 0.6 is 0 Å². The molecule has 74 valence electrons. The molecule has 0 N–H and O–H groups in total. The Labute approximate surface area is 86.4 Å². The van der Waals surface area contributed by atoms with Gasteiger partial charge in [-0.3, -0.25) is 0 Å². The molecule has 0 amide bonds. The van der Waals surface area contributed by atoms with Gasteiger partial charge in [-0.15, -0.1) is 0 Å². The van der Waals surface area contributed by atoms with Gasteiger partial charge in [-0.05, 0) is 29.9 Å². The first-order valence-electron chi connectivity index (χ1n) is 5.28. The van der Waals surface area contributed by atoms with Crippen LogP contribution in [0.15, 0.2) is 24.3 Å². The minimum absolute atomic E-state index is 0.534. The maximum atomic E-state index is 8.72. The number of rotatable bonds is 4. The molecule has 0 unspecified atom stereocenters. The first-order valence-corrected chi connectivity index (χ1v) is 5.28. The molecule has 0 bridgehead atoms. The minimum atomic E-state index is 0.534. The number of hydrogen-bond acceptors (Lipinski definition) is 1. The van der Waals surface area contributed by atoms with Gasteiger partial charge >= 0.3 is 0 Å². The number of benzene rings is 1. The van der Waals surface area contributed by atoms with E-state index in [1.54, 1.807) is 0 Å². The summed E-state index contributed by atoms with van der Waals surface area (Å²) < 4.78 is 0. The van der Waals surface area contributed by atoms with Gasteiger partial charge in [0.15, 0.2) is 0 Å². The summed E-state index contributed by atoms with van der Waals surface area (Å²) in [5, 5.41) is 8.72. The van der Waals surface area contributed by atoms with Gasteiger partial charge in [-0.1, -0.05) is 38.1 Å². The predicted octanol–water partition coefficient (Wildman–Crippen LogP) is 3.66. The van der Waals surface area contributed by atoms with Crippen LogP contribution in [0.4, 0.5) is 0 Å². The first kappa shape index (κ1) is 10.8. The van der Waals surface area contributed by atoms with E-state index in [-0.39, 0.29) is 0 Å². The van der Waals surface area contributed by atoms with E-state index in [2.05, 4.69) is 38.1 Å². The van der Waals surface area contributed by atoms with Gasteiger partial charge in [0.25, 0.3) is 0 Å². The largest absolute Gasteiger partial charge is 0.198 e. The summed E-state index contributed by atoms with van der Waals surface area (Å²) in [4.78, 5) is 0. The van der Waals surface area contributed by atoms with Crippen LogP contribution in [0, 0.1) is 11.3 Å². The fourth-order valence-electron chi connectivity index (χ4n) is 1.91. The van der Waals surface area contributed by atoms with Crippen LogP contribution in [-0.4, -0.2) is 0 Å². The van der Waals surface area contributed by atoms with E-state index in [9.17, 15) is 0 Å². The molecule has 0 fully saturated rings. The van der Waals surface area contributed by atoms with Crippen molar-refractivity contribution in [1.82, 2.24) is 0 Å². The molecule has 0 aliphatic heterocycles. The molecule has 1 heteroatoms. The number of hydrogen-bond donors (Lipinski definition) is 0. The second kappa shape index (κ2) is 5.44. The van der Waals surface area contributed by atoms with Crippen molar-refractivity contribution in [2.24, 2.45) is 0 Å². The zero-order valence-corrected chi connectivity index (χ0v) is 8.96. The maximum Gasteiger partial charge on any atom is 0.0669 e. The van der Waals surface area contributed by atoms with Gasteiger partial charge in [0.1, 0.15) is 0 Å². The van der Waals surface area contributed by atoms with Crippen molar-refractivity contribution < 1.29 is 0 Å². The summed E-state index contributed by atoms with van der Waals surface area (Å²) in [6.45, 7) is 4.41. The molecule has 0 atom stereocenters. The Hall–Kier alpha value is -1.29. The third-order valence-corrected chi connectivity index (χ3v) is 2.75. The van der Waals surface area contributed by atoms with Crippen molar-refractivity contribution in [3.05, 3.63) is 35.4 Å². The average molecular weight is 187 g/mol. The third kappa shape index (κ3) is 2.35. The Kier molecular flexibility index (Phi) is 4.19. The van der Waals surface area contributed by atoms with Crippen LogP contribution < -0.4 is 0 Å². The maximum absolute atomic E-state index is 8.72. The molecular weight excluding hydrogens is 170 g/mol. The molecule has 1 nitrogen and oxygen atoms in total. The first-order chi connectivity index (χ1) is 6.83. The summed E-state index contributed by atoms with van der Waals surface area (Å²) in [5.41, 5.74) is 2.56. The summed E-state index contributed by atoms with van der Waals surface area (Å²) in [6, 6.07) is 10.5. The Balaban J connectivity index is 3.00. The fraction of sp³-hybridized carbons (Fsp3) is 0.462. The lowest BCUT2D eigenvalue weighted by atomic mass is 9.89. The topological polar surface area (TPSA) is 23.8 Å². The van der Waals surface area contributed by atoms with Gasteiger partial charge in [-0.25, -0.2) is 0 Å². The normalized spacial score (nSPS) is 10.1. The lowest BCUT2D eigenvalue weighted by molar-refractivity contribution is 0.637. The van der Waals surface area contributed by atoms with Gasteiger partial charge in [0.05, 0.1) is 12.5 Å². The van der Waals surface area contributed by atoms with Crippen LogP contribution in [0.25, 0.3) is 0 Å². The zero-order valence-electron chi connectivity index (χ0n) is 8.96. The van der Waals surface area contributed by atoms with Crippen molar-refractivity contribution >= 4 is 0 Å². The van der Waals surface area contributed by atoms with Crippen molar-refractivity contribution in [1.29, 1.82) is 5.26 Å². The summed E-state index contributed by atoms with van der Waals surface area (Å²) in [6.07, 6.45) is 2.84. The zero-order chi connectivity index (χ0) is 10.4. The molecule has 0 aromatic heterocycles. The summed E-state index contributed by atoms with van der Waals surface area (Å²) in [7, 11) is 0. The van der Waals surface area contributed by atoms with Crippen molar-refractivity contribution in [3.63, 3.8) is 0 Å².